The minimum Gasteiger partial charge on any atom is -0.360 e. The quantitative estimate of drug-likeness (QED) is 0.811. The van der Waals surface area contributed by atoms with Gasteiger partial charge in [0.2, 0.25) is 5.91 Å². The number of piperazine rings is 1. The molecular formula is C19H23N3O2. The zero-order valence-electron chi connectivity index (χ0n) is 14.2. The van der Waals surface area contributed by atoms with E-state index in [2.05, 4.69) is 17.0 Å². The summed E-state index contributed by atoms with van der Waals surface area (Å²) in [6, 6.07) is 10.1. The van der Waals surface area contributed by atoms with Crippen LogP contribution in [-0.4, -0.2) is 47.0 Å². The highest BCUT2D eigenvalue weighted by Crippen LogP contribution is 2.11. The first-order chi connectivity index (χ1) is 11.6. The van der Waals surface area contributed by atoms with Crippen LogP contribution in [-0.2, 0) is 11.3 Å². The molecule has 1 amide bonds. The highest BCUT2D eigenvalue weighted by atomic mass is 16.5. The Morgan fingerprint density at radius 1 is 1.17 bits per heavy atom. The summed E-state index contributed by atoms with van der Waals surface area (Å²) in [5.74, 6) is 0.956. The summed E-state index contributed by atoms with van der Waals surface area (Å²) in [5.41, 5.74) is 3.17. The van der Waals surface area contributed by atoms with Gasteiger partial charge in [0.15, 0.2) is 5.76 Å². The Labute approximate surface area is 142 Å². The number of aromatic nitrogens is 1. The zero-order valence-corrected chi connectivity index (χ0v) is 14.2. The predicted molar refractivity (Wildman–Crippen MR) is 93.3 cm³/mol. The number of benzene rings is 1. The first-order valence-corrected chi connectivity index (χ1v) is 8.28. The van der Waals surface area contributed by atoms with E-state index in [9.17, 15) is 4.79 Å². The van der Waals surface area contributed by atoms with Crippen LogP contribution in [0.25, 0.3) is 6.08 Å². The normalized spacial score (nSPS) is 16.0. The number of nitrogens with zero attached hydrogens (tertiary/aromatic N) is 3. The summed E-state index contributed by atoms with van der Waals surface area (Å²) in [7, 11) is 0. The van der Waals surface area contributed by atoms with Crippen LogP contribution in [0.1, 0.15) is 22.6 Å². The van der Waals surface area contributed by atoms with Gasteiger partial charge < -0.3 is 9.42 Å². The number of carbonyl (C=O) groups excluding carboxylic acids is 1. The van der Waals surface area contributed by atoms with Gasteiger partial charge in [-0.2, -0.15) is 0 Å². The Bertz CT molecular complexity index is 710. The van der Waals surface area contributed by atoms with E-state index in [0.29, 0.717) is 0 Å². The average molecular weight is 325 g/mol. The fourth-order valence-corrected chi connectivity index (χ4v) is 2.79. The van der Waals surface area contributed by atoms with E-state index in [1.165, 1.54) is 5.56 Å². The molecule has 5 heteroatoms. The molecule has 1 aliphatic rings. The molecule has 5 nitrogen and oxygen atoms in total. The number of aryl methyl sites for hydroxylation is 2. The van der Waals surface area contributed by atoms with Crippen LogP contribution >= 0.6 is 0 Å². The molecule has 126 valence electrons. The largest absolute Gasteiger partial charge is 0.360 e. The monoisotopic (exact) mass is 325 g/mol. The van der Waals surface area contributed by atoms with Crippen LogP contribution < -0.4 is 0 Å². The molecule has 0 saturated carbocycles. The Morgan fingerprint density at radius 2 is 1.88 bits per heavy atom. The summed E-state index contributed by atoms with van der Waals surface area (Å²) in [6.45, 7) is 7.91. The van der Waals surface area contributed by atoms with Crippen LogP contribution in [0.3, 0.4) is 0 Å². The van der Waals surface area contributed by atoms with Gasteiger partial charge in [0.1, 0.15) is 0 Å². The third kappa shape index (κ3) is 4.32. The van der Waals surface area contributed by atoms with Crippen molar-refractivity contribution >= 4 is 12.0 Å². The molecule has 2 aromatic rings. The fraction of sp³-hybridized carbons (Fsp3) is 0.368. The minimum atomic E-state index is 0.0748. The maximum atomic E-state index is 12.3. The third-order valence-electron chi connectivity index (χ3n) is 4.24. The molecular weight excluding hydrogens is 302 g/mol. The SMILES string of the molecule is Cc1ccc(/C=C/C(=O)N2CCN(Cc3cc(C)no3)CC2)cc1. The van der Waals surface area contributed by atoms with Crippen molar-refractivity contribution in [3.05, 3.63) is 59.0 Å². The first-order valence-electron chi connectivity index (χ1n) is 8.28. The maximum absolute atomic E-state index is 12.3. The van der Waals surface area contributed by atoms with Crippen LogP contribution in [0.15, 0.2) is 40.9 Å². The third-order valence-corrected chi connectivity index (χ3v) is 4.24. The minimum absolute atomic E-state index is 0.0748. The molecule has 0 spiro atoms. The lowest BCUT2D eigenvalue weighted by Crippen LogP contribution is -2.47. The van der Waals surface area contributed by atoms with Crippen molar-refractivity contribution < 1.29 is 9.32 Å². The van der Waals surface area contributed by atoms with Gasteiger partial charge in [-0.25, -0.2) is 0 Å². The van der Waals surface area contributed by atoms with E-state index in [1.807, 2.05) is 48.2 Å². The molecule has 1 fully saturated rings. The average Bonchev–Trinajstić information content (AvgIpc) is 2.99. The molecule has 0 unspecified atom stereocenters. The van der Waals surface area contributed by atoms with Crippen LogP contribution in [0.5, 0.6) is 0 Å². The van der Waals surface area contributed by atoms with Crippen LogP contribution in [0.4, 0.5) is 0 Å². The highest BCUT2D eigenvalue weighted by Gasteiger charge is 2.20. The lowest BCUT2D eigenvalue weighted by Gasteiger charge is -2.33. The molecule has 0 N–H and O–H groups in total. The van der Waals surface area contributed by atoms with E-state index >= 15 is 0 Å². The highest BCUT2D eigenvalue weighted by molar-refractivity contribution is 5.91. The van der Waals surface area contributed by atoms with E-state index in [1.54, 1.807) is 6.08 Å². The fourth-order valence-electron chi connectivity index (χ4n) is 2.79. The van der Waals surface area contributed by atoms with Gasteiger partial charge in [0.25, 0.3) is 0 Å². The Balaban J connectivity index is 1.48. The summed E-state index contributed by atoms with van der Waals surface area (Å²) < 4.78 is 5.25. The van der Waals surface area contributed by atoms with Crippen molar-refractivity contribution in [2.24, 2.45) is 0 Å². The number of hydrogen-bond donors (Lipinski definition) is 0. The molecule has 1 aromatic heterocycles. The van der Waals surface area contributed by atoms with Crippen LogP contribution in [0, 0.1) is 13.8 Å². The number of carbonyl (C=O) groups is 1. The molecule has 1 aliphatic heterocycles. The molecule has 3 rings (SSSR count). The van der Waals surface area contributed by atoms with Gasteiger partial charge in [-0.1, -0.05) is 35.0 Å². The molecule has 2 heterocycles. The lowest BCUT2D eigenvalue weighted by molar-refractivity contribution is -0.127. The molecule has 0 aliphatic carbocycles. The van der Waals surface area contributed by atoms with E-state index in [-0.39, 0.29) is 5.91 Å². The molecule has 0 radical (unpaired) electrons. The second kappa shape index (κ2) is 7.45. The number of hydrogen-bond acceptors (Lipinski definition) is 4. The maximum Gasteiger partial charge on any atom is 0.246 e. The van der Waals surface area contributed by atoms with Gasteiger partial charge in [0.05, 0.1) is 12.2 Å². The van der Waals surface area contributed by atoms with Crippen molar-refractivity contribution in [2.45, 2.75) is 20.4 Å². The summed E-state index contributed by atoms with van der Waals surface area (Å²) >= 11 is 0. The predicted octanol–water partition coefficient (Wildman–Crippen LogP) is 2.65. The van der Waals surface area contributed by atoms with Gasteiger partial charge in [-0.15, -0.1) is 0 Å². The Morgan fingerprint density at radius 3 is 2.50 bits per heavy atom. The Hall–Kier alpha value is -2.40. The van der Waals surface area contributed by atoms with Crippen molar-refractivity contribution in [3.8, 4) is 0 Å². The van der Waals surface area contributed by atoms with Gasteiger partial charge in [0, 0.05) is 38.3 Å². The van der Waals surface area contributed by atoms with Crippen molar-refractivity contribution in [3.63, 3.8) is 0 Å². The van der Waals surface area contributed by atoms with Crippen molar-refractivity contribution in [2.75, 3.05) is 26.2 Å². The van der Waals surface area contributed by atoms with Crippen molar-refractivity contribution in [1.29, 1.82) is 0 Å². The number of rotatable bonds is 4. The topological polar surface area (TPSA) is 49.6 Å². The summed E-state index contributed by atoms with van der Waals surface area (Å²) in [4.78, 5) is 16.5. The molecule has 0 atom stereocenters. The van der Waals surface area contributed by atoms with Crippen LogP contribution in [0.2, 0.25) is 0 Å². The lowest BCUT2D eigenvalue weighted by atomic mass is 10.1. The van der Waals surface area contributed by atoms with E-state index < -0.39 is 0 Å². The molecule has 1 saturated heterocycles. The number of amides is 1. The smallest absolute Gasteiger partial charge is 0.246 e. The Kier molecular flexibility index (Phi) is 5.11. The van der Waals surface area contributed by atoms with Gasteiger partial charge in [-0.05, 0) is 25.5 Å². The molecule has 0 bridgehead atoms. The standard InChI is InChI=1S/C19H23N3O2/c1-15-3-5-17(6-4-15)7-8-19(23)22-11-9-21(10-12-22)14-18-13-16(2)20-24-18/h3-8,13H,9-12,14H2,1-2H3/b8-7+. The van der Waals surface area contributed by atoms with Crippen molar-refractivity contribution in [1.82, 2.24) is 15.0 Å². The summed E-state index contributed by atoms with van der Waals surface area (Å²) in [6.07, 6.45) is 3.55. The second-order valence-electron chi connectivity index (χ2n) is 6.28. The molecule has 24 heavy (non-hydrogen) atoms. The van der Waals surface area contributed by atoms with E-state index in [0.717, 1.165) is 49.7 Å². The first kappa shape index (κ1) is 16.5. The molecule has 1 aromatic carbocycles. The zero-order chi connectivity index (χ0) is 16.9. The summed E-state index contributed by atoms with van der Waals surface area (Å²) in [5, 5.41) is 3.91. The van der Waals surface area contributed by atoms with E-state index in [4.69, 9.17) is 4.52 Å². The van der Waals surface area contributed by atoms with Gasteiger partial charge in [-0.3, -0.25) is 9.69 Å². The van der Waals surface area contributed by atoms with Gasteiger partial charge >= 0.3 is 0 Å². The second-order valence-corrected chi connectivity index (χ2v) is 6.28.